The van der Waals surface area contributed by atoms with Gasteiger partial charge in [-0.05, 0) is 48.6 Å². The summed E-state index contributed by atoms with van der Waals surface area (Å²) >= 11 is 3.45. The summed E-state index contributed by atoms with van der Waals surface area (Å²) in [6.07, 6.45) is 5.43. The van der Waals surface area contributed by atoms with Crippen molar-refractivity contribution < 1.29 is 4.79 Å². The number of hydrogen-bond acceptors (Lipinski definition) is 2. The van der Waals surface area contributed by atoms with Crippen molar-refractivity contribution in [3.05, 3.63) is 69.1 Å². The lowest BCUT2D eigenvalue weighted by atomic mass is 9.99. The van der Waals surface area contributed by atoms with Crippen molar-refractivity contribution in [1.29, 1.82) is 0 Å². The Kier molecular flexibility index (Phi) is 5.53. The minimum atomic E-state index is -0.206. The second-order valence-corrected chi connectivity index (χ2v) is 7.38. The number of carbonyl (C=O) groups is 1. The summed E-state index contributed by atoms with van der Waals surface area (Å²) in [4.78, 5) is 27.3. The summed E-state index contributed by atoms with van der Waals surface area (Å²) in [6, 6.07) is 12.6. The number of amides is 1. The zero-order valence-corrected chi connectivity index (χ0v) is 15.8. The Labute approximate surface area is 155 Å². The lowest BCUT2D eigenvalue weighted by Gasteiger charge is -2.31. The van der Waals surface area contributed by atoms with Crippen LogP contribution in [0.25, 0.3) is 11.8 Å². The molecule has 2 heterocycles. The lowest BCUT2D eigenvalue weighted by Crippen LogP contribution is -2.40. The molecule has 0 saturated carbocycles. The molecule has 1 aromatic carbocycles. The van der Waals surface area contributed by atoms with Gasteiger partial charge in [-0.25, -0.2) is 0 Å². The standard InChI is InChI=1S/C20H21BrN2O2/c1-15-8-11-22(12-9-15)20(25)18(23-10-3-2-7-19(23)24)14-16-5-4-6-17(21)13-16/h2-7,10,13-15H,8-9,11-12H2,1H3. The molecule has 0 bridgehead atoms. The molecular formula is C20H21BrN2O2. The smallest absolute Gasteiger partial charge is 0.270 e. The van der Waals surface area contributed by atoms with Gasteiger partial charge in [0.2, 0.25) is 0 Å². The molecule has 1 aromatic heterocycles. The minimum absolute atomic E-state index is 0.0971. The summed E-state index contributed by atoms with van der Waals surface area (Å²) in [7, 11) is 0. The van der Waals surface area contributed by atoms with Crippen molar-refractivity contribution in [3.63, 3.8) is 0 Å². The van der Waals surface area contributed by atoms with Crippen molar-refractivity contribution in [1.82, 2.24) is 9.47 Å². The van der Waals surface area contributed by atoms with E-state index in [1.165, 1.54) is 10.6 Å². The Hall–Kier alpha value is -2.14. The van der Waals surface area contributed by atoms with Crippen LogP contribution in [0.15, 0.2) is 57.9 Å². The van der Waals surface area contributed by atoms with Crippen molar-refractivity contribution in [2.24, 2.45) is 5.92 Å². The Morgan fingerprint density at radius 3 is 2.60 bits per heavy atom. The molecule has 1 amide bonds. The fourth-order valence-electron chi connectivity index (χ4n) is 2.99. The van der Waals surface area contributed by atoms with E-state index in [-0.39, 0.29) is 11.5 Å². The van der Waals surface area contributed by atoms with Crippen LogP contribution in [0.5, 0.6) is 0 Å². The van der Waals surface area contributed by atoms with Gasteiger partial charge in [-0.2, -0.15) is 0 Å². The minimum Gasteiger partial charge on any atom is -0.337 e. The largest absolute Gasteiger partial charge is 0.337 e. The highest BCUT2D eigenvalue weighted by Gasteiger charge is 2.24. The van der Waals surface area contributed by atoms with Crippen LogP contribution in [0.4, 0.5) is 0 Å². The van der Waals surface area contributed by atoms with Crippen LogP contribution in [0, 0.1) is 5.92 Å². The molecule has 0 radical (unpaired) electrons. The first-order chi connectivity index (χ1) is 12.0. The average Bonchev–Trinajstić information content (AvgIpc) is 2.61. The first-order valence-corrected chi connectivity index (χ1v) is 9.28. The van der Waals surface area contributed by atoms with Crippen LogP contribution in [0.3, 0.4) is 0 Å². The molecule has 5 heteroatoms. The van der Waals surface area contributed by atoms with Gasteiger partial charge in [-0.3, -0.25) is 14.2 Å². The number of carbonyl (C=O) groups excluding carboxylic acids is 1. The number of halogens is 1. The maximum Gasteiger partial charge on any atom is 0.270 e. The van der Waals surface area contributed by atoms with Crippen LogP contribution < -0.4 is 5.56 Å². The van der Waals surface area contributed by atoms with E-state index in [4.69, 9.17) is 0 Å². The molecular weight excluding hydrogens is 380 g/mol. The van der Waals surface area contributed by atoms with Gasteiger partial charge in [0.15, 0.2) is 0 Å². The van der Waals surface area contributed by atoms with Crippen LogP contribution >= 0.6 is 15.9 Å². The van der Waals surface area contributed by atoms with E-state index in [0.717, 1.165) is 36.0 Å². The van der Waals surface area contributed by atoms with Gasteiger partial charge in [0.25, 0.3) is 11.5 Å². The van der Waals surface area contributed by atoms with Crippen molar-refractivity contribution in [2.75, 3.05) is 13.1 Å². The summed E-state index contributed by atoms with van der Waals surface area (Å²) in [5.41, 5.74) is 1.06. The SMILES string of the molecule is CC1CCN(C(=O)C(=Cc2cccc(Br)c2)n2ccccc2=O)CC1. The highest BCUT2D eigenvalue weighted by Crippen LogP contribution is 2.21. The van der Waals surface area contributed by atoms with Gasteiger partial charge in [-0.1, -0.05) is 41.1 Å². The Morgan fingerprint density at radius 1 is 1.16 bits per heavy atom. The Bertz CT molecular complexity index is 849. The molecule has 0 unspecified atom stereocenters. The van der Waals surface area contributed by atoms with Crippen LogP contribution in [0.1, 0.15) is 25.3 Å². The van der Waals surface area contributed by atoms with E-state index in [9.17, 15) is 9.59 Å². The normalized spacial score (nSPS) is 16.1. The summed E-state index contributed by atoms with van der Waals surface area (Å²) in [6.45, 7) is 3.68. The molecule has 0 atom stereocenters. The van der Waals surface area contributed by atoms with Crippen LogP contribution in [0.2, 0.25) is 0 Å². The topological polar surface area (TPSA) is 42.3 Å². The van der Waals surface area contributed by atoms with Gasteiger partial charge in [0.05, 0.1) is 0 Å². The zero-order valence-electron chi connectivity index (χ0n) is 14.2. The third kappa shape index (κ3) is 4.28. The maximum absolute atomic E-state index is 13.1. The molecule has 25 heavy (non-hydrogen) atoms. The fourth-order valence-corrected chi connectivity index (χ4v) is 3.41. The molecule has 3 rings (SSSR count). The first kappa shape index (κ1) is 17.7. The van der Waals surface area contributed by atoms with Gasteiger partial charge >= 0.3 is 0 Å². The molecule has 0 N–H and O–H groups in total. The number of likely N-dealkylation sites (tertiary alicyclic amines) is 1. The molecule has 1 aliphatic heterocycles. The second-order valence-electron chi connectivity index (χ2n) is 6.47. The summed E-state index contributed by atoms with van der Waals surface area (Å²) in [5.74, 6) is 0.543. The molecule has 4 nitrogen and oxygen atoms in total. The second kappa shape index (κ2) is 7.83. The van der Waals surface area contributed by atoms with Crippen LogP contribution in [-0.2, 0) is 4.79 Å². The van der Waals surface area contributed by atoms with E-state index in [2.05, 4.69) is 22.9 Å². The van der Waals surface area contributed by atoms with E-state index in [1.807, 2.05) is 29.2 Å². The Balaban J connectivity index is 2.02. The molecule has 1 saturated heterocycles. The van der Waals surface area contributed by atoms with E-state index < -0.39 is 0 Å². The monoisotopic (exact) mass is 400 g/mol. The maximum atomic E-state index is 13.1. The first-order valence-electron chi connectivity index (χ1n) is 8.49. The summed E-state index contributed by atoms with van der Waals surface area (Å²) < 4.78 is 2.36. The van der Waals surface area contributed by atoms with Gasteiger partial charge in [0, 0.05) is 29.8 Å². The van der Waals surface area contributed by atoms with Crippen molar-refractivity contribution >= 4 is 33.6 Å². The van der Waals surface area contributed by atoms with Gasteiger partial charge in [0.1, 0.15) is 5.70 Å². The highest BCUT2D eigenvalue weighted by atomic mass is 79.9. The van der Waals surface area contributed by atoms with Crippen molar-refractivity contribution in [3.8, 4) is 0 Å². The number of hydrogen-bond donors (Lipinski definition) is 0. The van der Waals surface area contributed by atoms with E-state index in [1.54, 1.807) is 24.4 Å². The third-order valence-corrected chi connectivity index (χ3v) is 5.02. The number of pyridine rings is 1. The third-order valence-electron chi connectivity index (χ3n) is 4.52. The van der Waals surface area contributed by atoms with E-state index >= 15 is 0 Å². The quantitative estimate of drug-likeness (QED) is 0.733. The number of rotatable bonds is 3. The zero-order chi connectivity index (χ0) is 17.8. The number of benzene rings is 1. The molecule has 1 fully saturated rings. The van der Waals surface area contributed by atoms with E-state index in [0.29, 0.717) is 11.6 Å². The highest BCUT2D eigenvalue weighted by molar-refractivity contribution is 9.10. The van der Waals surface area contributed by atoms with Gasteiger partial charge < -0.3 is 4.90 Å². The predicted octanol–water partition coefficient (Wildman–Crippen LogP) is 3.87. The average molecular weight is 401 g/mol. The number of piperidine rings is 1. The van der Waals surface area contributed by atoms with Crippen molar-refractivity contribution in [2.45, 2.75) is 19.8 Å². The number of nitrogens with zero attached hydrogens (tertiary/aromatic N) is 2. The van der Waals surface area contributed by atoms with Crippen LogP contribution in [-0.4, -0.2) is 28.5 Å². The van der Waals surface area contributed by atoms with Gasteiger partial charge in [-0.15, -0.1) is 0 Å². The Morgan fingerprint density at radius 2 is 1.92 bits per heavy atom. The molecule has 130 valence electrons. The molecule has 0 spiro atoms. The molecule has 1 aliphatic rings. The molecule has 2 aromatic rings. The fraction of sp³-hybridized carbons (Fsp3) is 0.300. The number of aromatic nitrogens is 1. The lowest BCUT2D eigenvalue weighted by molar-refractivity contribution is -0.126. The molecule has 0 aliphatic carbocycles. The summed E-state index contributed by atoms with van der Waals surface area (Å²) in [5, 5.41) is 0. The predicted molar refractivity (Wildman–Crippen MR) is 104 cm³/mol.